The number of hydrogen-bond donors (Lipinski definition) is 3. The number of ether oxygens (including phenoxy) is 2. The molecule has 0 aliphatic carbocycles. The van der Waals surface area contributed by atoms with Crippen molar-refractivity contribution in [3.05, 3.63) is 35.9 Å². The Balaban J connectivity index is 1.88. The first-order valence-electron chi connectivity index (χ1n) is 5.50. The Morgan fingerprint density at radius 2 is 1.82 bits per heavy atom. The third-order valence-electron chi connectivity index (χ3n) is 2.76. The van der Waals surface area contributed by atoms with Crippen LogP contribution in [0.15, 0.2) is 30.3 Å². The summed E-state index contributed by atoms with van der Waals surface area (Å²) in [5.41, 5.74) is 0.949. The SMILES string of the molecule is OC[C@@H]1O[C@@H](OCc2ccccc2)[C@@H](O)[C@@H]1O. The highest BCUT2D eigenvalue weighted by molar-refractivity contribution is 5.13. The highest BCUT2D eigenvalue weighted by atomic mass is 16.7. The maximum atomic E-state index is 9.63. The number of benzene rings is 1. The summed E-state index contributed by atoms with van der Waals surface area (Å²) in [4.78, 5) is 0. The van der Waals surface area contributed by atoms with Gasteiger partial charge in [-0.1, -0.05) is 30.3 Å². The monoisotopic (exact) mass is 240 g/mol. The molecule has 0 bridgehead atoms. The average Bonchev–Trinajstić information content (AvgIpc) is 2.65. The Morgan fingerprint density at radius 3 is 2.41 bits per heavy atom. The van der Waals surface area contributed by atoms with E-state index in [1.807, 2.05) is 30.3 Å². The van der Waals surface area contributed by atoms with Crippen LogP contribution < -0.4 is 0 Å². The van der Waals surface area contributed by atoms with Gasteiger partial charge in [-0.25, -0.2) is 0 Å². The number of aliphatic hydroxyl groups excluding tert-OH is 3. The van der Waals surface area contributed by atoms with E-state index in [1.165, 1.54) is 0 Å². The Hall–Kier alpha value is -0.980. The second kappa shape index (κ2) is 5.57. The summed E-state index contributed by atoms with van der Waals surface area (Å²) in [6, 6.07) is 9.45. The minimum Gasteiger partial charge on any atom is -0.394 e. The van der Waals surface area contributed by atoms with Crippen LogP contribution in [-0.2, 0) is 16.1 Å². The van der Waals surface area contributed by atoms with Crippen LogP contribution in [-0.4, -0.2) is 46.5 Å². The van der Waals surface area contributed by atoms with Crippen LogP contribution in [0.1, 0.15) is 5.56 Å². The zero-order valence-electron chi connectivity index (χ0n) is 9.27. The van der Waals surface area contributed by atoms with Crippen molar-refractivity contribution in [2.24, 2.45) is 0 Å². The third-order valence-corrected chi connectivity index (χ3v) is 2.76. The Labute approximate surface area is 99.2 Å². The lowest BCUT2D eigenvalue weighted by molar-refractivity contribution is -0.175. The molecule has 0 radical (unpaired) electrons. The predicted octanol–water partition coefficient (Wildman–Crippen LogP) is -0.358. The molecule has 94 valence electrons. The van der Waals surface area contributed by atoms with Crippen molar-refractivity contribution in [2.75, 3.05) is 6.61 Å². The van der Waals surface area contributed by atoms with Crippen molar-refractivity contribution in [1.29, 1.82) is 0 Å². The van der Waals surface area contributed by atoms with Crippen LogP contribution in [0.5, 0.6) is 0 Å². The molecule has 1 aliphatic rings. The highest BCUT2D eigenvalue weighted by Gasteiger charge is 2.42. The van der Waals surface area contributed by atoms with E-state index >= 15 is 0 Å². The molecule has 1 aromatic carbocycles. The molecule has 5 heteroatoms. The molecule has 1 aliphatic heterocycles. The average molecular weight is 240 g/mol. The van der Waals surface area contributed by atoms with Crippen LogP contribution in [0.4, 0.5) is 0 Å². The van der Waals surface area contributed by atoms with E-state index < -0.39 is 24.6 Å². The van der Waals surface area contributed by atoms with Crippen molar-refractivity contribution in [3.63, 3.8) is 0 Å². The summed E-state index contributed by atoms with van der Waals surface area (Å²) in [5.74, 6) is 0. The largest absolute Gasteiger partial charge is 0.394 e. The van der Waals surface area contributed by atoms with Crippen molar-refractivity contribution in [2.45, 2.75) is 31.2 Å². The van der Waals surface area contributed by atoms with Gasteiger partial charge in [-0.2, -0.15) is 0 Å². The maximum absolute atomic E-state index is 9.63. The van der Waals surface area contributed by atoms with E-state index in [2.05, 4.69) is 0 Å². The van der Waals surface area contributed by atoms with Crippen molar-refractivity contribution in [1.82, 2.24) is 0 Å². The minimum atomic E-state index is -1.13. The van der Waals surface area contributed by atoms with Crippen molar-refractivity contribution in [3.8, 4) is 0 Å². The van der Waals surface area contributed by atoms with Gasteiger partial charge in [0.05, 0.1) is 13.2 Å². The molecule has 4 atom stereocenters. The van der Waals surface area contributed by atoms with Gasteiger partial charge in [-0.05, 0) is 5.56 Å². The zero-order chi connectivity index (χ0) is 12.3. The van der Waals surface area contributed by atoms with E-state index in [4.69, 9.17) is 14.6 Å². The van der Waals surface area contributed by atoms with Crippen LogP contribution >= 0.6 is 0 Å². The zero-order valence-corrected chi connectivity index (χ0v) is 9.27. The second-order valence-corrected chi connectivity index (χ2v) is 4.00. The van der Waals surface area contributed by atoms with Gasteiger partial charge in [-0.15, -0.1) is 0 Å². The lowest BCUT2D eigenvalue weighted by Gasteiger charge is -2.15. The van der Waals surface area contributed by atoms with Gasteiger partial charge < -0.3 is 24.8 Å². The van der Waals surface area contributed by atoms with Gasteiger partial charge in [0.25, 0.3) is 0 Å². The van der Waals surface area contributed by atoms with Crippen molar-refractivity contribution >= 4 is 0 Å². The Bertz CT molecular complexity index is 342. The minimum absolute atomic E-state index is 0.285. The third kappa shape index (κ3) is 2.83. The summed E-state index contributed by atoms with van der Waals surface area (Å²) < 4.78 is 10.5. The second-order valence-electron chi connectivity index (χ2n) is 4.00. The van der Waals surface area contributed by atoms with E-state index in [-0.39, 0.29) is 13.2 Å². The first-order valence-corrected chi connectivity index (χ1v) is 5.50. The van der Waals surface area contributed by atoms with Gasteiger partial charge in [0, 0.05) is 0 Å². The molecule has 0 saturated carbocycles. The standard InChI is InChI=1S/C12H16O5/c13-6-9-10(14)11(15)12(17-9)16-7-8-4-2-1-3-5-8/h1-5,9-15H,6-7H2/t9-,10+,11-,12+/m0/s1. The molecule has 1 fully saturated rings. The lowest BCUT2D eigenvalue weighted by atomic mass is 10.1. The summed E-state index contributed by atoms with van der Waals surface area (Å²) in [6.07, 6.45) is -3.93. The summed E-state index contributed by atoms with van der Waals surface area (Å²) in [5, 5.41) is 28.0. The number of rotatable bonds is 4. The highest BCUT2D eigenvalue weighted by Crippen LogP contribution is 2.22. The summed E-state index contributed by atoms with van der Waals surface area (Å²) in [6.45, 7) is -0.0587. The van der Waals surface area contributed by atoms with Gasteiger partial charge in [0.2, 0.25) is 0 Å². The molecular weight excluding hydrogens is 224 g/mol. The normalized spacial score (nSPS) is 32.9. The molecule has 5 nitrogen and oxygen atoms in total. The molecule has 17 heavy (non-hydrogen) atoms. The fourth-order valence-corrected chi connectivity index (χ4v) is 1.76. The van der Waals surface area contributed by atoms with Gasteiger partial charge in [-0.3, -0.25) is 0 Å². The molecule has 0 aromatic heterocycles. The van der Waals surface area contributed by atoms with Gasteiger partial charge in [0.15, 0.2) is 6.29 Å². The first-order chi connectivity index (χ1) is 8.22. The molecule has 0 unspecified atom stereocenters. The number of hydrogen-bond acceptors (Lipinski definition) is 5. The van der Waals surface area contributed by atoms with Crippen LogP contribution in [0, 0.1) is 0 Å². The van der Waals surface area contributed by atoms with E-state index in [9.17, 15) is 10.2 Å². The summed E-state index contributed by atoms with van der Waals surface area (Å²) >= 11 is 0. The van der Waals surface area contributed by atoms with Gasteiger partial charge >= 0.3 is 0 Å². The molecule has 3 N–H and O–H groups in total. The number of aliphatic hydroxyl groups is 3. The smallest absolute Gasteiger partial charge is 0.187 e. The molecule has 0 spiro atoms. The summed E-state index contributed by atoms with van der Waals surface area (Å²) in [7, 11) is 0. The maximum Gasteiger partial charge on any atom is 0.187 e. The quantitative estimate of drug-likeness (QED) is 0.670. The Morgan fingerprint density at radius 1 is 1.12 bits per heavy atom. The fourth-order valence-electron chi connectivity index (χ4n) is 1.76. The molecular formula is C12H16O5. The predicted molar refractivity (Wildman–Crippen MR) is 59.0 cm³/mol. The molecule has 2 rings (SSSR count). The lowest BCUT2D eigenvalue weighted by Crippen LogP contribution is -2.34. The van der Waals surface area contributed by atoms with Crippen LogP contribution in [0.25, 0.3) is 0 Å². The molecule has 0 amide bonds. The van der Waals surface area contributed by atoms with Crippen LogP contribution in [0.3, 0.4) is 0 Å². The van der Waals surface area contributed by atoms with E-state index in [0.29, 0.717) is 0 Å². The Kier molecular flexibility index (Phi) is 4.09. The molecule has 1 heterocycles. The fraction of sp³-hybridized carbons (Fsp3) is 0.500. The van der Waals surface area contributed by atoms with Gasteiger partial charge in [0.1, 0.15) is 18.3 Å². The molecule has 1 aromatic rings. The first kappa shape index (κ1) is 12.5. The topological polar surface area (TPSA) is 79.2 Å². The van der Waals surface area contributed by atoms with E-state index in [0.717, 1.165) is 5.56 Å². The van der Waals surface area contributed by atoms with E-state index in [1.54, 1.807) is 0 Å². The van der Waals surface area contributed by atoms with Crippen molar-refractivity contribution < 1.29 is 24.8 Å². The molecule has 1 saturated heterocycles. The van der Waals surface area contributed by atoms with Crippen LogP contribution in [0.2, 0.25) is 0 Å².